The van der Waals surface area contributed by atoms with Crippen LogP contribution in [0.3, 0.4) is 0 Å². The van der Waals surface area contributed by atoms with Gasteiger partial charge in [-0.25, -0.2) is 9.59 Å². The minimum absolute atomic E-state index is 0.325. The molecule has 0 aliphatic carbocycles. The molecule has 0 saturated carbocycles. The number of urea groups is 1. The molecule has 2 N–H and O–H groups in total. The van der Waals surface area contributed by atoms with E-state index in [1.165, 1.54) is 21.3 Å². The average molecular weight is 385 g/mol. The summed E-state index contributed by atoms with van der Waals surface area (Å²) < 4.78 is 16.0. The molecule has 1 aliphatic heterocycles. The lowest BCUT2D eigenvalue weighted by Gasteiger charge is -2.28. The SMILES string of the molecule is COC(=O)C1=C(C)NC(=O)N[C@H]1c1cc(Br)c(OC)c(OC)c1. The van der Waals surface area contributed by atoms with Gasteiger partial charge in [0.15, 0.2) is 11.5 Å². The number of hydrogen-bond acceptors (Lipinski definition) is 5. The number of allylic oxidation sites excluding steroid dienone is 1. The van der Waals surface area contributed by atoms with Crippen LogP contribution in [0.15, 0.2) is 27.9 Å². The summed E-state index contributed by atoms with van der Waals surface area (Å²) in [4.78, 5) is 23.9. The van der Waals surface area contributed by atoms with Crippen molar-refractivity contribution in [2.75, 3.05) is 21.3 Å². The minimum atomic E-state index is -0.660. The Bertz CT molecular complexity index is 687. The van der Waals surface area contributed by atoms with Crippen LogP contribution in [-0.2, 0) is 9.53 Å². The van der Waals surface area contributed by atoms with Crippen LogP contribution < -0.4 is 20.1 Å². The van der Waals surface area contributed by atoms with Crippen LogP contribution in [-0.4, -0.2) is 33.3 Å². The summed E-state index contributed by atoms with van der Waals surface area (Å²) in [6.07, 6.45) is 0. The van der Waals surface area contributed by atoms with Crippen LogP contribution in [0.5, 0.6) is 11.5 Å². The zero-order valence-electron chi connectivity index (χ0n) is 13.2. The maximum Gasteiger partial charge on any atom is 0.337 e. The third-order valence-corrected chi connectivity index (χ3v) is 4.05. The standard InChI is InChI=1S/C15H17BrN2O5/c1-7-11(14(19)23-4)12(18-15(20)17-7)8-5-9(16)13(22-3)10(6-8)21-2/h5-6,12H,1-4H3,(H2,17,18,20)/t12-/m0/s1. The lowest BCUT2D eigenvalue weighted by atomic mass is 9.95. The van der Waals surface area contributed by atoms with Crippen LogP contribution in [0.1, 0.15) is 18.5 Å². The molecular weight excluding hydrogens is 368 g/mol. The molecule has 23 heavy (non-hydrogen) atoms. The van der Waals surface area contributed by atoms with Crippen LogP contribution in [0, 0.1) is 0 Å². The van der Waals surface area contributed by atoms with Gasteiger partial charge in [0.25, 0.3) is 0 Å². The van der Waals surface area contributed by atoms with E-state index in [-0.39, 0.29) is 0 Å². The van der Waals surface area contributed by atoms with Crippen molar-refractivity contribution in [3.05, 3.63) is 33.4 Å². The Kier molecular flexibility index (Phi) is 5.15. The first kappa shape index (κ1) is 17.1. The zero-order chi connectivity index (χ0) is 17.1. The number of benzene rings is 1. The fourth-order valence-electron chi connectivity index (χ4n) is 2.43. The number of hydrogen-bond donors (Lipinski definition) is 2. The average Bonchev–Trinajstić information content (AvgIpc) is 2.52. The van der Waals surface area contributed by atoms with E-state index in [0.717, 1.165) is 0 Å². The quantitative estimate of drug-likeness (QED) is 0.777. The molecule has 0 saturated heterocycles. The third kappa shape index (κ3) is 3.26. The van der Waals surface area contributed by atoms with E-state index in [2.05, 4.69) is 26.6 Å². The molecule has 0 fully saturated rings. The molecule has 1 aromatic carbocycles. The number of nitrogens with one attached hydrogen (secondary N) is 2. The number of halogens is 1. The summed E-state index contributed by atoms with van der Waals surface area (Å²) in [5.74, 6) is 0.481. The first-order valence-corrected chi connectivity index (χ1v) is 7.50. The molecule has 7 nitrogen and oxygen atoms in total. The highest BCUT2D eigenvalue weighted by atomic mass is 79.9. The van der Waals surface area contributed by atoms with Crippen molar-refractivity contribution in [1.29, 1.82) is 0 Å². The fraction of sp³-hybridized carbons (Fsp3) is 0.333. The van der Waals surface area contributed by atoms with Gasteiger partial charge in [-0.05, 0) is 40.5 Å². The van der Waals surface area contributed by atoms with Gasteiger partial charge in [-0.15, -0.1) is 0 Å². The second kappa shape index (κ2) is 6.91. The summed E-state index contributed by atoms with van der Waals surface area (Å²) in [5.41, 5.74) is 1.42. The normalized spacial score (nSPS) is 17.3. The maximum absolute atomic E-state index is 12.1. The van der Waals surface area contributed by atoms with Gasteiger partial charge in [-0.2, -0.15) is 0 Å². The predicted molar refractivity (Wildman–Crippen MR) is 86.4 cm³/mol. The van der Waals surface area contributed by atoms with Gasteiger partial charge in [-0.1, -0.05) is 0 Å². The Balaban J connectivity index is 2.58. The van der Waals surface area contributed by atoms with Gasteiger partial charge in [-0.3, -0.25) is 0 Å². The van der Waals surface area contributed by atoms with Crippen LogP contribution >= 0.6 is 15.9 Å². The Labute approximate surface area is 142 Å². The van der Waals surface area contributed by atoms with E-state index < -0.39 is 18.0 Å². The monoisotopic (exact) mass is 384 g/mol. The lowest BCUT2D eigenvalue weighted by molar-refractivity contribution is -0.136. The number of esters is 1. The van der Waals surface area contributed by atoms with E-state index in [1.54, 1.807) is 19.1 Å². The fourth-order valence-corrected chi connectivity index (χ4v) is 3.05. The number of carbonyl (C=O) groups is 2. The van der Waals surface area contributed by atoms with Crippen molar-refractivity contribution >= 4 is 27.9 Å². The first-order valence-electron chi connectivity index (χ1n) is 6.71. The minimum Gasteiger partial charge on any atom is -0.493 e. The lowest BCUT2D eigenvalue weighted by Crippen LogP contribution is -2.45. The van der Waals surface area contributed by atoms with Crippen molar-refractivity contribution in [2.24, 2.45) is 0 Å². The van der Waals surface area contributed by atoms with Crippen molar-refractivity contribution in [1.82, 2.24) is 10.6 Å². The Morgan fingerprint density at radius 1 is 1.22 bits per heavy atom. The molecule has 0 radical (unpaired) electrons. The highest BCUT2D eigenvalue weighted by molar-refractivity contribution is 9.10. The third-order valence-electron chi connectivity index (χ3n) is 3.46. The molecule has 1 atom stereocenters. The summed E-state index contributed by atoms with van der Waals surface area (Å²) in [7, 11) is 4.33. The van der Waals surface area contributed by atoms with Crippen molar-refractivity contribution in [2.45, 2.75) is 13.0 Å². The van der Waals surface area contributed by atoms with Gasteiger partial charge in [0, 0.05) is 5.70 Å². The second-order valence-electron chi connectivity index (χ2n) is 4.80. The van der Waals surface area contributed by atoms with E-state index in [1.807, 2.05) is 0 Å². The molecule has 8 heteroatoms. The second-order valence-corrected chi connectivity index (χ2v) is 5.65. The summed E-state index contributed by atoms with van der Waals surface area (Å²) >= 11 is 3.40. The summed E-state index contributed by atoms with van der Waals surface area (Å²) in [5, 5.41) is 5.29. The molecule has 0 spiro atoms. The molecule has 2 rings (SSSR count). The molecule has 0 unspecified atom stereocenters. The first-order chi connectivity index (χ1) is 10.9. The van der Waals surface area contributed by atoms with Gasteiger partial charge in [0.1, 0.15) is 0 Å². The molecule has 1 heterocycles. The molecule has 0 bridgehead atoms. The van der Waals surface area contributed by atoms with Crippen LogP contribution in [0.2, 0.25) is 0 Å². The molecular formula is C15H17BrN2O5. The van der Waals surface area contributed by atoms with E-state index in [9.17, 15) is 9.59 Å². The van der Waals surface area contributed by atoms with Crippen molar-refractivity contribution in [3.63, 3.8) is 0 Å². The molecule has 0 aromatic heterocycles. The Morgan fingerprint density at radius 3 is 2.48 bits per heavy atom. The largest absolute Gasteiger partial charge is 0.493 e. The van der Waals surface area contributed by atoms with Gasteiger partial charge < -0.3 is 24.8 Å². The highest BCUT2D eigenvalue weighted by Gasteiger charge is 2.32. The predicted octanol–water partition coefficient (Wildman–Crippen LogP) is 2.27. The molecule has 1 aromatic rings. The maximum atomic E-state index is 12.1. The summed E-state index contributed by atoms with van der Waals surface area (Å²) in [6, 6.07) is 2.41. The Morgan fingerprint density at radius 2 is 1.91 bits per heavy atom. The van der Waals surface area contributed by atoms with Gasteiger partial charge >= 0.3 is 12.0 Å². The van der Waals surface area contributed by atoms with Crippen LogP contribution in [0.4, 0.5) is 4.79 Å². The Hall–Kier alpha value is -2.22. The number of carbonyl (C=O) groups excluding carboxylic acids is 2. The van der Waals surface area contributed by atoms with E-state index >= 15 is 0 Å². The smallest absolute Gasteiger partial charge is 0.337 e. The topological polar surface area (TPSA) is 85.9 Å². The van der Waals surface area contributed by atoms with E-state index in [4.69, 9.17) is 14.2 Å². The van der Waals surface area contributed by atoms with Gasteiger partial charge in [0.05, 0.1) is 37.4 Å². The zero-order valence-corrected chi connectivity index (χ0v) is 14.7. The molecule has 124 valence electrons. The van der Waals surface area contributed by atoms with Gasteiger partial charge in [0.2, 0.25) is 0 Å². The number of rotatable bonds is 4. The summed E-state index contributed by atoms with van der Waals surface area (Å²) in [6.45, 7) is 1.65. The molecule has 1 aliphatic rings. The highest BCUT2D eigenvalue weighted by Crippen LogP contribution is 2.39. The molecule has 2 amide bonds. The van der Waals surface area contributed by atoms with Crippen molar-refractivity contribution in [3.8, 4) is 11.5 Å². The van der Waals surface area contributed by atoms with Crippen LogP contribution in [0.25, 0.3) is 0 Å². The van der Waals surface area contributed by atoms with E-state index in [0.29, 0.717) is 32.8 Å². The number of methoxy groups -OCH3 is 3. The number of ether oxygens (including phenoxy) is 3. The number of amides is 2. The van der Waals surface area contributed by atoms with Crippen molar-refractivity contribution < 1.29 is 23.8 Å².